The number of halogens is 4. The predicted octanol–water partition coefficient (Wildman–Crippen LogP) is 6.51. The van der Waals surface area contributed by atoms with Gasteiger partial charge in [0.15, 0.2) is 0 Å². The minimum atomic E-state index is -4.42. The van der Waals surface area contributed by atoms with Crippen molar-refractivity contribution >= 4 is 45.2 Å². The third-order valence-electron chi connectivity index (χ3n) is 4.37. The van der Waals surface area contributed by atoms with E-state index in [2.05, 4.69) is 15.5 Å². The number of aromatic nitrogens is 1. The first-order chi connectivity index (χ1) is 13.4. The SMILES string of the molecule is FC(F)(F)c1ccc(N/N=C\c2c3ccccc3c(Cl)c3ccccc23)nc1. The smallest absolute Gasteiger partial charge is 0.261 e. The Labute approximate surface area is 163 Å². The number of benzene rings is 3. The monoisotopic (exact) mass is 399 g/mol. The first-order valence-corrected chi connectivity index (χ1v) is 8.74. The summed E-state index contributed by atoms with van der Waals surface area (Å²) in [6.45, 7) is 0. The molecule has 1 aromatic heterocycles. The first-order valence-electron chi connectivity index (χ1n) is 8.36. The van der Waals surface area contributed by atoms with Gasteiger partial charge in [-0.3, -0.25) is 5.43 Å². The molecular weight excluding hydrogens is 387 g/mol. The zero-order chi connectivity index (χ0) is 19.7. The Bertz CT molecular complexity index is 1130. The van der Waals surface area contributed by atoms with E-state index in [0.29, 0.717) is 5.02 Å². The van der Waals surface area contributed by atoms with Crippen LogP contribution in [0.25, 0.3) is 21.5 Å². The number of alkyl halides is 3. The molecule has 0 atom stereocenters. The maximum atomic E-state index is 12.6. The van der Waals surface area contributed by atoms with Gasteiger partial charge in [0, 0.05) is 22.5 Å². The summed E-state index contributed by atoms with van der Waals surface area (Å²) in [6.07, 6.45) is -2.03. The molecule has 0 saturated carbocycles. The summed E-state index contributed by atoms with van der Waals surface area (Å²) in [4.78, 5) is 3.75. The van der Waals surface area contributed by atoms with Crippen LogP contribution >= 0.6 is 11.6 Å². The van der Waals surface area contributed by atoms with Gasteiger partial charge in [-0.1, -0.05) is 60.1 Å². The van der Waals surface area contributed by atoms with Crippen molar-refractivity contribution in [1.29, 1.82) is 0 Å². The van der Waals surface area contributed by atoms with Crippen molar-refractivity contribution in [1.82, 2.24) is 4.98 Å². The highest BCUT2D eigenvalue weighted by atomic mass is 35.5. The molecular formula is C21H13ClF3N3. The van der Waals surface area contributed by atoms with Crippen molar-refractivity contribution in [2.75, 3.05) is 5.43 Å². The summed E-state index contributed by atoms with van der Waals surface area (Å²) >= 11 is 6.57. The van der Waals surface area contributed by atoms with E-state index < -0.39 is 11.7 Å². The molecule has 4 aromatic rings. The van der Waals surface area contributed by atoms with Gasteiger partial charge in [-0.25, -0.2) is 4.98 Å². The zero-order valence-electron chi connectivity index (χ0n) is 14.3. The van der Waals surface area contributed by atoms with Crippen molar-refractivity contribution in [2.24, 2.45) is 5.10 Å². The number of hydrogen-bond acceptors (Lipinski definition) is 3. The largest absolute Gasteiger partial charge is 0.417 e. The van der Waals surface area contributed by atoms with Gasteiger partial charge in [-0.05, 0) is 22.9 Å². The summed E-state index contributed by atoms with van der Waals surface area (Å²) < 4.78 is 37.9. The Kier molecular flexibility index (Phi) is 4.65. The Morgan fingerprint density at radius 1 is 0.857 bits per heavy atom. The number of pyridine rings is 1. The predicted molar refractivity (Wildman–Crippen MR) is 107 cm³/mol. The Balaban J connectivity index is 1.72. The molecule has 0 radical (unpaired) electrons. The molecule has 140 valence electrons. The van der Waals surface area contributed by atoms with Gasteiger partial charge in [0.25, 0.3) is 0 Å². The van der Waals surface area contributed by atoms with E-state index in [1.54, 1.807) is 6.21 Å². The molecule has 3 nitrogen and oxygen atoms in total. The normalized spacial score (nSPS) is 12.1. The Morgan fingerprint density at radius 2 is 1.43 bits per heavy atom. The van der Waals surface area contributed by atoms with E-state index in [-0.39, 0.29) is 5.82 Å². The van der Waals surface area contributed by atoms with Gasteiger partial charge >= 0.3 is 6.18 Å². The van der Waals surface area contributed by atoms with Gasteiger partial charge in [-0.2, -0.15) is 18.3 Å². The topological polar surface area (TPSA) is 37.3 Å². The number of hydrazone groups is 1. The van der Waals surface area contributed by atoms with Crippen molar-refractivity contribution in [3.63, 3.8) is 0 Å². The van der Waals surface area contributed by atoms with Crippen LogP contribution in [0.4, 0.5) is 19.0 Å². The third kappa shape index (κ3) is 3.39. The van der Waals surface area contributed by atoms with Gasteiger partial charge in [0.2, 0.25) is 0 Å². The van der Waals surface area contributed by atoms with E-state index >= 15 is 0 Å². The molecule has 0 unspecified atom stereocenters. The van der Waals surface area contributed by atoms with Crippen molar-refractivity contribution < 1.29 is 13.2 Å². The quantitative estimate of drug-likeness (QED) is 0.242. The van der Waals surface area contributed by atoms with Crippen LogP contribution in [-0.2, 0) is 6.18 Å². The average Bonchev–Trinajstić information content (AvgIpc) is 2.70. The fourth-order valence-corrected chi connectivity index (χ4v) is 3.37. The highest BCUT2D eigenvalue weighted by molar-refractivity contribution is 6.42. The highest BCUT2D eigenvalue weighted by Gasteiger charge is 2.30. The lowest BCUT2D eigenvalue weighted by Gasteiger charge is -2.10. The molecule has 1 heterocycles. The van der Waals surface area contributed by atoms with Crippen LogP contribution in [0.15, 0.2) is 72.0 Å². The molecule has 0 aliphatic heterocycles. The number of nitrogens with one attached hydrogen (secondary N) is 1. The fourth-order valence-electron chi connectivity index (χ4n) is 3.04. The minimum Gasteiger partial charge on any atom is -0.261 e. The molecule has 1 N–H and O–H groups in total. The molecule has 0 aliphatic rings. The first kappa shape index (κ1) is 18.3. The number of fused-ring (bicyclic) bond motifs is 2. The minimum absolute atomic E-state index is 0.215. The van der Waals surface area contributed by atoms with Crippen molar-refractivity contribution in [3.8, 4) is 0 Å². The summed E-state index contributed by atoms with van der Waals surface area (Å²) in [7, 11) is 0. The van der Waals surface area contributed by atoms with E-state index in [0.717, 1.165) is 39.4 Å². The average molecular weight is 400 g/mol. The molecule has 0 spiro atoms. The van der Waals surface area contributed by atoms with Crippen LogP contribution in [0.3, 0.4) is 0 Å². The van der Waals surface area contributed by atoms with Crippen LogP contribution < -0.4 is 5.43 Å². The van der Waals surface area contributed by atoms with Gasteiger partial charge in [0.1, 0.15) is 5.82 Å². The molecule has 28 heavy (non-hydrogen) atoms. The molecule has 0 fully saturated rings. The van der Waals surface area contributed by atoms with E-state index in [9.17, 15) is 13.2 Å². The van der Waals surface area contributed by atoms with Crippen LogP contribution in [0.5, 0.6) is 0 Å². The van der Waals surface area contributed by atoms with Crippen LogP contribution in [-0.4, -0.2) is 11.2 Å². The number of nitrogens with zero attached hydrogens (tertiary/aromatic N) is 2. The van der Waals surface area contributed by atoms with E-state index in [1.807, 2.05) is 48.5 Å². The van der Waals surface area contributed by atoms with Gasteiger partial charge in [0.05, 0.1) is 16.8 Å². The Hall–Kier alpha value is -3.12. The zero-order valence-corrected chi connectivity index (χ0v) is 15.1. The van der Waals surface area contributed by atoms with E-state index in [4.69, 9.17) is 11.6 Å². The lowest BCUT2D eigenvalue weighted by atomic mass is 9.97. The summed E-state index contributed by atoms with van der Waals surface area (Å²) in [5.74, 6) is 0.215. The number of anilines is 1. The summed E-state index contributed by atoms with van der Waals surface area (Å²) in [5, 5.41) is 8.49. The summed E-state index contributed by atoms with van der Waals surface area (Å²) in [6, 6.07) is 17.6. The third-order valence-corrected chi connectivity index (χ3v) is 4.78. The van der Waals surface area contributed by atoms with Crippen LogP contribution in [0.1, 0.15) is 11.1 Å². The lowest BCUT2D eigenvalue weighted by molar-refractivity contribution is -0.137. The van der Waals surface area contributed by atoms with Crippen molar-refractivity contribution in [2.45, 2.75) is 6.18 Å². The second-order valence-corrected chi connectivity index (χ2v) is 6.50. The second-order valence-electron chi connectivity index (χ2n) is 6.12. The lowest BCUT2D eigenvalue weighted by Crippen LogP contribution is -2.05. The highest BCUT2D eigenvalue weighted by Crippen LogP contribution is 2.35. The van der Waals surface area contributed by atoms with Gasteiger partial charge < -0.3 is 0 Å². The standard InChI is InChI=1S/C21H13ClF3N3/c22-20-16-7-3-1-5-14(16)18(15-6-2-4-8-17(15)20)12-27-28-19-10-9-13(11-26-19)21(23,24)25/h1-12H,(H,26,28)/b27-12-. The molecule has 4 rings (SSSR count). The molecule has 7 heteroatoms. The fraction of sp³-hybridized carbons (Fsp3) is 0.0476. The molecule has 0 amide bonds. The maximum Gasteiger partial charge on any atom is 0.417 e. The molecule has 0 saturated heterocycles. The molecule has 3 aromatic carbocycles. The van der Waals surface area contributed by atoms with Gasteiger partial charge in [-0.15, -0.1) is 0 Å². The molecule has 0 bridgehead atoms. The maximum absolute atomic E-state index is 12.6. The number of hydrogen-bond donors (Lipinski definition) is 1. The summed E-state index contributed by atoms with van der Waals surface area (Å²) in [5.41, 5.74) is 2.72. The second kappa shape index (κ2) is 7.13. The van der Waals surface area contributed by atoms with Crippen LogP contribution in [0.2, 0.25) is 5.02 Å². The Morgan fingerprint density at radius 3 is 1.93 bits per heavy atom. The number of rotatable bonds is 3. The molecule has 0 aliphatic carbocycles. The van der Waals surface area contributed by atoms with Crippen molar-refractivity contribution in [3.05, 3.63) is 83.0 Å². The van der Waals surface area contributed by atoms with E-state index in [1.165, 1.54) is 6.07 Å². The van der Waals surface area contributed by atoms with Crippen LogP contribution in [0, 0.1) is 0 Å².